The van der Waals surface area contributed by atoms with E-state index in [9.17, 15) is 25.4 Å². The molecule has 4 heterocycles. The second kappa shape index (κ2) is 5.17. The number of hydrogen-bond acceptors (Lipinski definition) is 9. The van der Waals surface area contributed by atoms with Gasteiger partial charge in [0.25, 0.3) is 0 Å². The number of rotatable bonds is 3. The van der Waals surface area contributed by atoms with Gasteiger partial charge in [0.1, 0.15) is 36.4 Å². The monoisotopic (exact) mass is 336 g/mol. The molecule has 1 saturated heterocycles. The summed E-state index contributed by atoms with van der Waals surface area (Å²) >= 11 is 0. The van der Waals surface area contributed by atoms with Gasteiger partial charge in [-0.1, -0.05) is 0 Å². The van der Waals surface area contributed by atoms with Crippen LogP contribution in [0.2, 0.25) is 0 Å². The van der Waals surface area contributed by atoms with E-state index in [1.807, 2.05) is 0 Å². The number of fused-ring (bicyclic) bond motifs is 3. The van der Waals surface area contributed by atoms with Crippen LogP contribution in [0.3, 0.4) is 0 Å². The molecule has 3 aromatic heterocycles. The first kappa shape index (κ1) is 14.9. The van der Waals surface area contributed by atoms with Crippen molar-refractivity contribution in [2.75, 3.05) is 6.61 Å². The molecule has 0 aromatic carbocycles. The number of nitro groups is 1. The van der Waals surface area contributed by atoms with Gasteiger partial charge in [0, 0.05) is 0 Å². The molecule has 3 N–H and O–H groups in total. The molecule has 12 heteroatoms. The fourth-order valence-corrected chi connectivity index (χ4v) is 2.86. The van der Waals surface area contributed by atoms with Crippen LogP contribution in [0.5, 0.6) is 0 Å². The van der Waals surface area contributed by atoms with Crippen LogP contribution >= 0.6 is 0 Å². The van der Waals surface area contributed by atoms with Gasteiger partial charge < -0.3 is 20.1 Å². The second-order valence-corrected chi connectivity index (χ2v) is 5.38. The quantitative estimate of drug-likeness (QED) is 0.386. The molecule has 0 aliphatic carbocycles. The Morgan fingerprint density at radius 2 is 2.08 bits per heavy atom. The van der Waals surface area contributed by atoms with E-state index in [1.165, 1.54) is 21.7 Å². The van der Waals surface area contributed by atoms with Gasteiger partial charge in [0.05, 0.1) is 17.9 Å². The number of aliphatic hydroxyl groups excluding tert-OH is 3. The Morgan fingerprint density at radius 1 is 1.29 bits per heavy atom. The van der Waals surface area contributed by atoms with E-state index in [2.05, 4.69) is 15.1 Å². The average molecular weight is 336 g/mol. The zero-order chi connectivity index (χ0) is 17.0. The zero-order valence-electron chi connectivity index (χ0n) is 12.0. The number of nitrogens with zero attached hydrogens (tertiary/aromatic N) is 6. The summed E-state index contributed by atoms with van der Waals surface area (Å²) in [5, 5.41) is 44.1. The molecule has 1 fully saturated rings. The average Bonchev–Trinajstić information content (AvgIpc) is 3.23. The Labute approximate surface area is 132 Å². The standard InChI is InChI=1S/C12H12N6O6/c19-2-6-9(20)10(21)12(24-6)16-3-13-7-8-5(18(22)23)1-15-17(8)4-14-11(7)16/h1,3-4,6,9-10,12,19-21H,2H2/t6-,9-,10-,12-/m1/s1. The Morgan fingerprint density at radius 3 is 2.75 bits per heavy atom. The fraction of sp³-hybridized carbons (Fsp3) is 0.417. The van der Waals surface area contributed by atoms with E-state index in [0.29, 0.717) is 0 Å². The minimum atomic E-state index is -1.31. The molecule has 0 radical (unpaired) electrons. The highest BCUT2D eigenvalue weighted by atomic mass is 16.6. The van der Waals surface area contributed by atoms with Gasteiger partial charge in [-0.15, -0.1) is 0 Å². The molecule has 4 atom stereocenters. The number of aliphatic hydroxyl groups is 3. The molecule has 0 amide bonds. The van der Waals surface area contributed by atoms with Crippen molar-refractivity contribution in [3.8, 4) is 0 Å². The van der Waals surface area contributed by atoms with Crippen molar-refractivity contribution in [2.45, 2.75) is 24.5 Å². The van der Waals surface area contributed by atoms with Crippen LogP contribution < -0.4 is 0 Å². The van der Waals surface area contributed by atoms with Gasteiger partial charge in [-0.3, -0.25) is 14.7 Å². The summed E-state index contributed by atoms with van der Waals surface area (Å²) in [6.07, 6.45) is -0.876. The smallest absolute Gasteiger partial charge is 0.317 e. The molecular weight excluding hydrogens is 324 g/mol. The van der Waals surface area contributed by atoms with E-state index in [-0.39, 0.29) is 22.4 Å². The topological polar surface area (TPSA) is 161 Å². The zero-order valence-corrected chi connectivity index (χ0v) is 12.0. The minimum absolute atomic E-state index is 0.162. The number of hydrogen-bond donors (Lipinski definition) is 3. The third-order valence-electron chi connectivity index (χ3n) is 4.05. The highest BCUT2D eigenvalue weighted by Gasteiger charge is 2.44. The summed E-state index contributed by atoms with van der Waals surface area (Å²) < 4.78 is 8.02. The lowest BCUT2D eigenvalue weighted by Gasteiger charge is -2.16. The first-order valence-electron chi connectivity index (χ1n) is 6.98. The van der Waals surface area contributed by atoms with Gasteiger partial charge in [-0.2, -0.15) is 5.10 Å². The maximum atomic E-state index is 11.1. The van der Waals surface area contributed by atoms with Crippen molar-refractivity contribution in [1.82, 2.24) is 24.1 Å². The summed E-state index contributed by atoms with van der Waals surface area (Å²) in [5.74, 6) is 0. The summed E-state index contributed by atoms with van der Waals surface area (Å²) in [7, 11) is 0. The first-order chi connectivity index (χ1) is 11.5. The van der Waals surface area contributed by atoms with E-state index in [0.717, 1.165) is 6.20 Å². The summed E-state index contributed by atoms with van der Waals surface area (Å²) in [4.78, 5) is 18.8. The third-order valence-corrected chi connectivity index (χ3v) is 4.05. The van der Waals surface area contributed by atoms with Crippen LogP contribution in [-0.4, -0.2) is 69.3 Å². The SMILES string of the molecule is O=[N+]([O-])c1cnn2cnc3c(ncn3[C@@H]3O[C@H](CO)[C@@H](O)[C@H]3O)c12. The molecule has 0 spiro atoms. The van der Waals surface area contributed by atoms with Crippen molar-refractivity contribution in [2.24, 2.45) is 0 Å². The van der Waals surface area contributed by atoms with Crippen molar-refractivity contribution >= 4 is 22.4 Å². The predicted octanol–water partition coefficient (Wildman–Crippen LogP) is -1.40. The predicted molar refractivity (Wildman–Crippen MR) is 75.9 cm³/mol. The lowest BCUT2D eigenvalue weighted by atomic mass is 10.1. The maximum Gasteiger partial charge on any atom is 0.317 e. The maximum absolute atomic E-state index is 11.1. The third kappa shape index (κ3) is 1.91. The molecular formula is C12H12N6O6. The summed E-state index contributed by atoms with van der Waals surface area (Å²) in [5.41, 5.74) is 0.365. The lowest BCUT2D eigenvalue weighted by Crippen LogP contribution is -2.33. The molecule has 1 aliphatic heterocycles. The largest absolute Gasteiger partial charge is 0.394 e. The lowest BCUT2D eigenvalue weighted by molar-refractivity contribution is -0.383. The highest BCUT2D eigenvalue weighted by Crippen LogP contribution is 2.33. The van der Waals surface area contributed by atoms with Gasteiger partial charge in [0.15, 0.2) is 17.4 Å². The minimum Gasteiger partial charge on any atom is -0.394 e. The van der Waals surface area contributed by atoms with Crippen molar-refractivity contribution in [3.05, 3.63) is 29.0 Å². The normalized spacial score (nSPS) is 27.3. The molecule has 4 rings (SSSR count). The van der Waals surface area contributed by atoms with Crippen LogP contribution in [0.1, 0.15) is 6.23 Å². The van der Waals surface area contributed by atoms with Crippen LogP contribution in [0.15, 0.2) is 18.9 Å². The molecule has 24 heavy (non-hydrogen) atoms. The van der Waals surface area contributed by atoms with Crippen LogP contribution in [0.4, 0.5) is 5.69 Å². The Bertz CT molecular complexity index is 937. The molecule has 12 nitrogen and oxygen atoms in total. The highest BCUT2D eigenvalue weighted by molar-refractivity contribution is 5.93. The van der Waals surface area contributed by atoms with Crippen molar-refractivity contribution in [1.29, 1.82) is 0 Å². The second-order valence-electron chi connectivity index (χ2n) is 5.38. The molecule has 0 bridgehead atoms. The number of ether oxygens (including phenoxy) is 1. The first-order valence-corrected chi connectivity index (χ1v) is 6.98. The summed E-state index contributed by atoms with van der Waals surface area (Å²) in [6.45, 7) is -0.465. The fourth-order valence-electron chi connectivity index (χ4n) is 2.86. The van der Waals surface area contributed by atoms with Gasteiger partial charge in [-0.05, 0) is 0 Å². The van der Waals surface area contributed by atoms with E-state index in [1.54, 1.807) is 0 Å². The Balaban J connectivity index is 1.88. The molecule has 0 unspecified atom stereocenters. The Hall–Kier alpha value is -2.67. The van der Waals surface area contributed by atoms with Gasteiger partial charge in [0.2, 0.25) is 0 Å². The van der Waals surface area contributed by atoms with E-state index >= 15 is 0 Å². The van der Waals surface area contributed by atoms with E-state index in [4.69, 9.17) is 4.74 Å². The van der Waals surface area contributed by atoms with Crippen molar-refractivity contribution < 1.29 is 25.0 Å². The van der Waals surface area contributed by atoms with Crippen LogP contribution in [-0.2, 0) is 4.74 Å². The molecule has 1 aliphatic rings. The van der Waals surface area contributed by atoms with Gasteiger partial charge in [-0.25, -0.2) is 14.5 Å². The molecule has 126 valence electrons. The molecule has 0 saturated carbocycles. The number of aromatic nitrogens is 5. The summed E-state index contributed by atoms with van der Waals surface area (Å²) in [6, 6.07) is 0. The van der Waals surface area contributed by atoms with Crippen LogP contribution in [0.25, 0.3) is 16.7 Å². The van der Waals surface area contributed by atoms with Crippen LogP contribution in [0, 0.1) is 10.1 Å². The number of imidazole rings is 1. The van der Waals surface area contributed by atoms with Gasteiger partial charge >= 0.3 is 5.69 Å². The van der Waals surface area contributed by atoms with E-state index < -0.39 is 36.1 Å². The Kier molecular flexibility index (Phi) is 3.21. The van der Waals surface area contributed by atoms with Crippen molar-refractivity contribution in [3.63, 3.8) is 0 Å². The molecule has 3 aromatic rings.